The van der Waals surface area contributed by atoms with Crippen molar-refractivity contribution in [2.45, 2.75) is 0 Å². The highest BCUT2D eigenvalue weighted by Crippen LogP contribution is 2.18. The Balaban J connectivity index is 2.41. The molecule has 0 saturated carbocycles. The molecular formula is C14H9ClN2O3. The van der Waals surface area contributed by atoms with Crippen LogP contribution in [0.2, 0.25) is 5.02 Å². The van der Waals surface area contributed by atoms with Crippen molar-refractivity contribution in [1.82, 2.24) is 9.55 Å². The number of phenolic OH excluding ortho intramolecular Hbond substituents is 1. The summed E-state index contributed by atoms with van der Waals surface area (Å²) in [6, 6.07) is 10.6. The van der Waals surface area contributed by atoms with E-state index in [1.807, 2.05) is 0 Å². The van der Waals surface area contributed by atoms with Gasteiger partial charge in [0.25, 0.3) is 5.56 Å². The van der Waals surface area contributed by atoms with Crippen LogP contribution in [0.15, 0.2) is 52.1 Å². The van der Waals surface area contributed by atoms with Gasteiger partial charge in [-0.1, -0.05) is 17.7 Å². The molecule has 0 atom stereocenters. The summed E-state index contributed by atoms with van der Waals surface area (Å²) in [4.78, 5) is 27.1. The molecule has 3 rings (SSSR count). The number of hydrogen-bond acceptors (Lipinski definition) is 3. The highest BCUT2D eigenvalue weighted by molar-refractivity contribution is 6.34. The molecule has 0 aliphatic carbocycles. The molecule has 0 fully saturated rings. The van der Waals surface area contributed by atoms with Gasteiger partial charge in [0.15, 0.2) is 0 Å². The molecule has 0 bridgehead atoms. The van der Waals surface area contributed by atoms with Crippen molar-refractivity contribution in [3.05, 3.63) is 68.3 Å². The van der Waals surface area contributed by atoms with E-state index in [9.17, 15) is 14.7 Å². The summed E-state index contributed by atoms with van der Waals surface area (Å²) in [6.07, 6.45) is 0. The quantitative estimate of drug-likeness (QED) is 0.719. The first-order valence-electron chi connectivity index (χ1n) is 5.81. The van der Waals surface area contributed by atoms with E-state index in [1.54, 1.807) is 18.2 Å². The normalized spacial score (nSPS) is 10.8. The van der Waals surface area contributed by atoms with Crippen LogP contribution >= 0.6 is 11.6 Å². The molecular weight excluding hydrogens is 280 g/mol. The number of fused-ring (bicyclic) bond motifs is 1. The van der Waals surface area contributed by atoms with Crippen molar-refractivity contribution in [3.8, 4) is 11.4 Å². The smallest absolute Gasteiger partial charge is 0.333 e. The first kappa shape index (κ1) is 12.5. The summed E-state index contributed by atoms with van der Waals surface area (Å²) in [5, 5.41) is 9.90. The van der Waals surface area contributed by atoms with Crippen LogP contribution in [0.3, 0.4) is 0 Å². The molecule has 1 heterocycles. The highest BCUT2D eigenvalue weighted by atomic mass is 35.5. The van der Waals surface area contributed by atoms with Crippen LogP contribution < -0.4 is 11.2 Å². The van der Waals surface area contributed by atoms with Gasteiger partial charge in [0.2, 0.25) is 0 Å². The zero-order chi connectivity index (χ0) is 14.3. The number of H-pyrrole nitrogens is 1. The molecule has 0 aliphatic rings. The standard InChI is InChI=1S/C14H9ClN2O3/c15-11-3-1-2-10-12(11)16-14(20)17(13(10)19)8-4-6-9(18)7-5-8/h1-7,18H,(H,16,20). The molecule has 0 saturated heterocycles. The molecule has 1 aromatic heterocycles. The predicted molar refractivity (Wildman–Crippen MR) is 76.8 cm³/mol. The summed E-state index contributed by atoms with van der Waals surface area (Å²) < 4.78 is 0.998. The minimum atomic E-state index is -0.582. The Morgan fingerprint density at radius 2 is 1.75 bits per heavy atom. The van der Waals surface area contributed by atoms with Crippen LogP contribution in [-0.2, 0) is 0 Å². The third kappa shape index (κ3) is 1.88. The third-order valence-corrected chi connectivity index (χ3v) is 3.31. The fraction of sp³-hybridized carbons (Fsp3) is 0. The lowest BCUT2D eigenvalue weighted by Crippen LogP contribution is -2.33. The number of rotatable bonds is 1. The average molecular weight is 289 g/mol. The van der Waals surface area contributed by atoms with E-state index in [0.29, 0.717) is 21.6 Å². The van der Waals surface area contributed by atoms with Gasteiger partial charge in [0, 0.05) is 0 Å². The van der Waals surface area contributed by atoms with Gasteiger partial charge in [-0.25, -0.2) is 9.36 Å². The van der Waals surface area contributed by atoms with E-state index in [2.05, 4.69) is 4.98 Å². The van der Waals surface area contributed by atoms with Gasteiger partial charge in [-0.3, -0.25) is 4.79 Å². The molecule has 0 radical (unpaired) electrons. The van der Waals surface area contributed by atoms with Crippen LogP contribution in [-0.4, -0.2) is 14.7 Å². The number of phenols is 1. The van der Waals surface area contributed by atoms with Crippen LogP contribution in [0.25, 0.3) is 16.6 Å². The lowest BCUT2D eigenvalue weighted by molar-refractivity contribution is 0.475. The second-order valence-electron chi connectivity index (χ2n) is 4.25. The van der Waals surface area contributed by atoms with Crippen molar-refractivity contribution < 1.29 is 5.11 Å². The van der Waals surface area contributed by atoms with Crippen molar-refractivity contribution in [2.75, 3.05) is 0 Å². The number of hydrogen-bond donors (Lipinski definition) is 2. The van der Waals surface area contributed by atoms with Gasteiger partial charge in [-0.05, 0) is 36.4 Å². The zero-order valence-corrected chi connectivity index (χ0v) is 10.9. The second kappa shape index (κ2) is 4.54. The number of halogens is 1. The second-order valence-corrected chi connectivity index (χ2v) is 4.66. The number of nitrogens with zero attached hydrogens (tertiary/aromatic N) is 1. The Hall–Kier alpha value is -2.53. The fourth-order valence-corrected chi connectivity index (χ4v) is 2.26. The number of aromatic amines is 1. The van der Waals surface area contributed by atoms with E-state index in [1.165, 1.54) is 24.3 Å². The topological polar surface area (TPSA) is 75.1 Å². The predicted octanol–water partition coefficient (Wildman–Crippen LogP) is 2.04. The van der Waals surface area contributed by atoms with Gasteiger partial charge in [0.1, 0.15) is 5.75 Å². The van der Waals surface area contributed by atoms with Crippen LogP contribution in [0.5, 0.6) is 5.75 Å². The van der Waals surface area contributed by atoms with Crippen LogP contribution in [0.4, 0.5) is 0 Å². The number of para-hydroxylation sites is 1. The van der Waals surface area contributed by atoms with E-state index in [0.717, 1.165) is 4.57 Å². The summed E-state index contributed by atoms with van der Waals surface area (Å²) >= 11 is 5.97. The van der Waals surface area contributed by atoms with Crippen molar-refractivity contribution in [3.63, 3.8) is 0 Å². The minimum absolute atomic E-state index is 0.0575. The monoisotopic (exact) mass is 288 g/mol. The fourth-order valence-electron chi connectivity index (χ4n) is 2.04. The molecule has 0 unspecified atom stereocenters. The maximum Gasteiger partial charge on any atom is 0.333 e. The van der Waals surface area contributed by atoms with E-state index >= 15 is 0 Å². The van der Waals surface area contributed by atoms with Crippen molar-refractivity contribution in [2.24, 2.45) is 0 Å². The molecule has 100 valence electrons. The van der Waals surface area contributed by atoms with Crippen molar-refractivity contribution in [1.29, 1.82) is 0 Å². The molecule has 2 N–H and O–H groups in total. The van der Waals surface area contributed by atoms with Gasteiger partial charge < -0.3 is 10.1 Å². The number of benzene rings is 2. The summed E-state index contributed by atoms with van der Waals surface area (Å²) in [5.41, 5.74) is -0.353. The lowest BCUT2D eigenvalue weighted by atomic mass is 10.2. The highest BCUT2D eigenvalue weighted by Gasteiger charge is 2.11. The maximum absolute atomic E-state index is 12.4. The number of aromatic hydroxyl groups is 1. The summed E-state index contributed by atoms with van der Waals surface area (Å²) in [6.45, 7) is 0. The summed E-state index contributed by atoms with van der Waals surface area (Å²) in [7, 11) is 0. The Kier molecular flexibility index (Phi) is 2.84. The Labute approximate surface area is 117 Å². The number of aromatic nitrogens is 2. The largest absolute Gasteiger partial charge is 0.508 e. The maximum atomic E-state index is 12.4. The van der Waals surface area contributed by atoms with Gasteiger partial charge in [0.05, 0.1) is 21.6 Å². The van der Waals surface area contributed by atoms with Crippen molar-refractivity contribution >= 4 is 22.5 Å². The molecule has 0 aliphatic heterocycles. The Bertz CT molecular complexity index is 910. The van der Waals surface area contributed by atoms with Crippen LogP contribution in [0.1, 0.15) is 0 Å². The van der Waals surface area contributed by atoms with E-state index < -0.39 is 11.2 Å². The van der Waals surface area contributed by atoms with E-state index in [-0.39, 0.29) is 5.75 Å². The zero-order valence-electron chi connectivity index (χ0n) is 10.1. The van der Waals surface area contributed by atoms with Gasteiger partial charge in [-0.2, -0.15) is 0 Å². The lowest BCUT2D eigenvalue weighted by Gasteiger charge is -2.07. The number of nitrogens with one attached hydrogen (secondary N) is 1. The van der Waals surface area contributed by atoms with Gasteiger partial charge in [-0.15, -0.1) is 0 Å². The van der Waals surface area contributed by atoms with E-state index in [4.69, 9.17) is 11.6 Å². The molecule has 6 heteroatoms. The first-order valence-corrected chi connectivity index (χ1v) is 6.19. The molecule has 0 spiro atoms. The molecule has 3 aromatic rings. The Morgan fingerprint density at radius 3 is 2.45 bits per heavy atom. The molecule has 20 heavy (non-hydrogen) atoms. The minimum Gasteiger partial charge on any atom is -0.508 e. The Morgan fingerprint density at radius 1 is 1.05 bits per heavy atom. The molecule has 5 nitrogen and oxygen atoms in total. The summed E-state index contributed by atoms with van der Waals surface area (Å²) in [5.74, 6) is 0.0575. The molecule has 0 amide bonds. The first-order chi connectivity index (χ1) is 9.58. The molecule has 2 aromatic carbocycles. The SMILES string of the molecule is O=c1[nH]c2c(Cl)cccc2c(=O)n1-c1ccc(O)cc1. The average Bonchev–Trinajstić information content (AvgIpc) is 2.42. The third-order valence-electron chi connectivity index (χ3n) is 2.99. The van der Waals surface area contributed by atoms with Gasteiger partial charge >= 0.3 is 5.69 Å². The van der Waals surface area contributed by atoms with Crippen LogP contribution in [0, 0.1) is 0 Å².